The first-order valence-electron chi connectivity index (χ1n) is 7.84. The standard InChI is InChI=1S/C16H29NO2/c1-5-12(3)9-10-15(18)17-11-7-8-14(17)16(19)13(4)6-2/h12-14H,5-11H2,1-4H3. The summed E-state index contributed by atoms with van der Waals surface area (Å²) in [4.78, 5) is 26.4. The monoisotopic (exact) mass is 267 g/mol. The van der Waals surface area contributed by atoms with E-state index in [0.717, 1.165) is 38.6 Å². The summed E-state index contributed by atoms with van der Waals surface area (Å²) in [6.45, 7) is 9.11. The Balaban J connectivity index is 2.56. The molecule has 0 spiro atoms. The van der Waals surface area contributed by atoms with Crippen LogP contribution in [0.15, 0.2) is 0 Å². The molecule has 0 aromatic rings. The molecule has 3 heteroatoms. The van der Waals surface area contributed by atoms with Crippen LogP contribution in [0.3, 0.4) is 0 Å². The van der Waals surface area contributed by atoms with E-state index >= 15 is 0 Å². The highest BCUT2D eigenvalue weighted by Gasteiger charge is 2.35. The molecule has 1 fully saturated rings. The van der Waals surface area contributed by atoms with Gasteiger partial charge in [-0.1, -0.05) is 34.1 Å². The Morgan fingerprint density at radius 3 is 2.47 bits per heavy atom. The molecule has 3 atom stereocenters. The number of carbonyl (C=O) groups is 2. The minimum absolute atomic E-state index is 0.0768. The van der Waals surface area contributed by atoms with Crippen LogP contribution in [0.2, 0.25) is 0 Å². The van der Waals surface area contributed by atoms with Crippen LogP contribution >= 0.6 is 0 Å². The normalized spacial score (nSPS) is 22.3. The molecule has 0 aliphatic carbocycles. The Bertz CT molecular complexity index is 314. The van der Waals surface area contributed by atoms with Crippen molar-refractivity contribution < 1.29 is 9.59 Å². The highest BCUT2D eigenvalue weighted by molar-refractivity contribution is 5.90. The maximum absolute atomic E-state index is 12.3. The fourth-order valence-electron chi connectivity index (χ4n) is 2.61. The van der Waals surface area contributed by atoms with Gasteiger partial charge >= 0.3 is 0 Å². The number of carbonyl (C=O) groups excluding carboxylic acids is 2. The molecule has 0 aromatic heterocycles. The van der Waals surface area contributed by atoms with Gasteiger partial charge in [0.2, 0.25) is 5.91 Å². The lowest BCUT2D eigenvalue weighted by Gasteiger charge is -2.26. The van der Waals surface area contributed by atoms with E-state index in [-0.39, 0.29) is 23.7 Å². The van der Waals surface area contributed by atoms with Crippen LogP contribution in [-0.2, 0) is 9.59 Å². The minimum atomic E-state index is -0.139. The van der Waals surface area contributed by atoms with Gasteiger partial charge in [0.05, 0.1) is 6.04 Å². The predicted molar refractivity (Wildman–Crippen MR) is 77.9 cm³/mol. The number of ketones is 1. The number of nitrogens with zero attached hydrogens (tertiary/aromatic N) is 1. The first kappa shape index (κ1) is 16.2. The van der Waals surface area contributed by atoms with Crippen LogP contribution < -0.4 is 0 Å². The van der Waals surface area contributed by atoms with Crippen LogP contribution in [0.4, 0.5) is 0 Å². The zero-order valence-electron chi connectivity index (χ0n) is 12.9. The van der Waals surface area contributed by atoms with Gasteiger partial charge in [0, 0.05) is 18.9 Å². The first-order valence-corrected chi connectivity index (χ1v) is 7.84. The quantitative estimate of drug-likeness (QED) is 0.709. The second kappa shape index (κ2) is 7.66. The van der Waals surface area contributed by atoms with Crippen LogP contribution in [0.25, 0.3) is 0 Å². The summed E-state index contributed by atoms with van der Waals surface area (Å²) in [6, 6.07) is -0.139. The van der Waals surface area contributed by atoms with E-state index in [1.165, 1.54) is 0 Å². The van der Waals surface area contributed by atoms with Gasteiger partial charge in [-0.15, -0.1) is 0 Å². The molecule has 110 valence electrons. The summed E-state index contributed by atoms with van der Waals surface area (Å²) in [5, 5.41) is 0. The van der Waals surface area contributed by atoms with E-state index in [4.69, 9.17) is 0 Å². The number of likely N-dealkylation sites (tertiary alicyclic amines) is 1. The number of rotatable bonds is 7. The van der Waals surface area contributed by atoms with Gasteiger partial charge in [0.25, 0.3) is 0 Å². The number of hydrogen-bond acceptors (Lipinski definition) is 2. The van der Waals surface area contributed by atoms with Crippen molar-refractivity contribution in [1.82, 2.24) is 4.90 Å². The third-order valence-electron chi connectivity index (χ3n) is 4.55. The molecule has 1 heterocycles. The smallest absolute Gasteiger partial charge is 0.223 e. The van der Waals surface area contributed by atoms with Gasteiger partial charge in [-0.2, -0.15) is 0 Å². The second-order valence-corrected chi connectivity index (χ2v) is 6.01. The molecule has 1 aliphatic rings. The predicted octanol–water partition coefficient (Wildman–Crippen LogP) is 3.42. The van der Waals surface area contributed by atoms with Gasteiger partial charge in [-0.05, 0) is 31.6 Å². The summed E-state index contributed by atoms with van der Waals surface area (Å²) in [5.74, 6) is 1.11. The topological polar surface area (TPSA) is 37.4 Å². The average Bonchev–Trinajstić information content (AvgIpc) is 2.91. The lowest BCUT2D eigenvalue weighted by atomic mass is 9.95. The first-order chi connectivity index (χ1) is 9.01. The summed E-state index contributed by atoms with van der Waals surface area (Å²) in [5.41, 5.74) is 0. The molecule has 1 amide bonds. The molecule has 1 aliphatic heterocycles. The van der Waals surface area contributed by atoms with Gasteiger partial charge in [0.15, 0.2) is 5.78 Å². The van der Waals surface area contributed by atoms with E-state index in [1.54, 1.807) is 0 Å². The van der Waals surface area contributed by atoms with E-state index in [9.17, 15) is 9.59 Å². The number of amides is 1. The molecule has 3 unspecified atom stereocenters. The highest BCUT2D eigenvalue weighted by atomic mass is 16.2. The van der Waals surface area contributed by atoms with E-state index in [2.05, 4.69) is 13.8 Å². The van der Waals surface area contributed by atoms with Gasteiger partial charge in [0.1, 0.15) is 0 Å². The van der Waals surface area contributed by atoms with Crippen molar-refractivity contribution in [1.29, 1.82) is 0 Å². The fourth-order valence-corrected chi connectivity index (χ4v) is 2.61. The van der Waals surface area contributed by atoms with Crippen molar-refractivity contribution in [3.8, 4) is 0 Å². The number of Topliss-reactive ketones (excluding diaryl/α,β-unsaturated/α-hetero) is 1. The number of hydrogen-bond donors (Lipinski definition) is 0. The molecule has 0 bridgehead atoms. The molecular weight excluding hydrogens is 238 g/mol. The van der Waals surface area contributed by atoms with Crippen molar-refractivity contribution in [2.45, 2.75) is 72.3 Å². The lowest BCUT2D eigenvalue weighted by Crippen LogP contribution is -2.42. The maximum atomic E-state index is 12.3. The van der Waals surface area contributed by atoms with E-state index in [0.29, 0.717) is 12.3 Å². The maximum Gasteiger partial charge on any atom is 0.223 e. The molecular formula is C16H29NO2. The molecule has 19 heavy (non-hydrogen) atoms. The van der Waals surface area contributed by atoms with Crippen LogP contribution in [0.1, 0.15) is 66.2 Å². The minimum Gasteiger partial charge on any atom is -0.333 e. The second-order valence-electron chi connectivity index (χ2n) is 6.01. The highest BCUT2D eigenvalue weighted by Crippen LogP contribution is 2.24. The molecule has 3 nitrogen and oxygen atoms in total. The van der Waals surface area contributed by atoms with Crippen molar-refractivity contribution in [2.75, 3.05) is 6.54 Å². The molecule has 1 rings (SSSR count). The van der Waals surface area contributed by atoms with Crippen LogP contribution in [0.5, 0.6) is 0 Å². The Kier molecular flexibility index (Phi) is 6.53. The zero-order valence-corrected chi connectivity index (χ0v) is 12.9. The summed E-state index contributed by atoms with van der Waals surface area (Å²) < 4.78 is 0. The van der Waals surface area contributed by atoms with Crippen LogP contribution in [-0.4, -0.2) is 29.2 Å². The molecule has 0 radical (unpaired) electrons. The van der Waals surface area contributed by atoms with Gasteiger partial charge < -0.3 is 4.90 Å². The third kappa shape index (κ3) is 4.32. The van der Waals surface area contributed by atoms with Crippen LogP contribution in [0, 0.1) is 11.8 Å². The summed E-state index contributed by atoms with van der Waals surface area (Å²) in [6.07, 6.45) is 5.35. The van der Waals surface area contributed by atoms with Crippen molar-refractivity contribution in [2.24, 2.45) is 11.8 Å². The fraction of sp³-hybridized carbons (Fsp3) is 0.875. The summed E-state index contributed by atoms with van der Waals surface area (Å²) in [7, 11) is 0. The zero-order chi connectivity index (χ0) is 14.4. The Labute approximate surface area is 117 Å². The Morgan fingerprint density at radius 1 is 1.21 bits per heavy atom. The molecule has 0 saturated carbocycles. The largest absolute Gasteiger partial charge is 0.333 e. The Hall–Kier alpha value is -0.860. The lowest BCUT2D eigenvalue weighted by molar-refractivity contribution is -0.139. The van der Waals surface area contributed by atoms with Crippen molar-refractivity contribution >= 4 is 11.7 Å². The van der Waals surface area contributed by atoms with Crippen molar-refractivity contribution in [3.05, 3.63) is 0 Å². The van der Waals surface area contributed by atoms with Gasteiger partial charge in [-0.3, -0.25) is 9.59 Å². The van der Waals surface area contributed by atoms with E-state index in [1.807, 2.05) is 18.7 Å². The third-order valence-corrected chi connectivity index (χ3v) is 4.55. The SMILES string of the molecule is CCC(C)CCC(=O)N1CCCC1C(=O)C(C)CC. The van der Waals surface area contributed by atoms with Crippen molar-refractivity contribution in [3.63, 3.8) is 0 Å². The summed E-state index contributed by atoms with van der Waals surface area (Å²) >= 11 is 0. The molecule has 0 aromatic carbocycles. The van der Waals surface area contributed by atoms with Gasteiger partial charge in [-0.25, -0.2) is 0 Å². The van der Waals surface area contributed by atoms with E-state index < -0.39 is 0 Å². The molecule has 0 N–H and O–H groups in total. The molecule has 1 saturated heterocycles. The average molecular weight is 267 g/mol. The Morgan fingerprint density at radius 2 is 1.89 bits per heavy atom.